The molecule has 3 amide bonds. The first-order valence-corrected chi connectivity index (χ1v) is 14.6. The zero-order valence-corrected chi connectivity index (χ0v) is 23.8. The predicted octanol–water partition coefficient (Wildman–Crippen LogP) is 2.72. The average Bonchev–Trinajstić information content (AvgIpc) is 3.43. The highest BCUT2D eigenvalue weighted by atomic mass is 32.2. The van der Waals surface area contributed by atoms with Crippen molar-refractivity contribution < 1.29 is 33.0 Å². The molecule has 13 heteroatoms. The molecular weight excluding hydrogens is 573 g/mol. The number of imide groups is 1. The lowest BCUT2D eigenvalue weighted by atomic mass is 9.83. The smallest absolute Gasteiger partial charge is 0.308 e. The van der Waals surface area contributed by atoms with Gasteiger partial charge in [-0.05, 0) is 42.0 Å². The number of hydrogen-bond acceptors (Lipinski definition) is 9. The number of halogens is 1. The van der Waals surface area contributed by atoms with Gasteiger partial charge in [-0.15, -0.1) is 0 Å². The fourth-order valence-corrected chi connectivity index (χ4v) is 8.33. The van der Waals surface area contributed by atoms with Gasteiger partial charge in [-0.25, -0.2) is 9.29 Å². The number of thiazole rings is 1. The molecule has 0 radical (unpaired) electrons. The van der Waals surface area contributed by atoms with Crippen LogP contribution in [0.3, 0.4) is 0 Å². The molecule has 0 saturated carbocycles. The van der Waals surface area contributed by atoms with E-state index in [0.29, 0.717) is 53.3 Å². The van der Waals surface area contributed by atoms with E-state index in [2.05, 4.69) is 0 Å². The first-order chi connectivity index (χ1) is 19.8. The number of fused-ring (bicyclic) bond motifs is 2. The fourth-order valence-electron chi connectivity index (χ4n) is 5.55. The Kier molecular flexibility index (Phi) is 7.34. The van der Waals surface area contributed by atoms with Gasteiger partial charge in [0, 0.05) is 23.9 Å². The number of thioether (sulfide) groups is 1. The van der Waals surface area contributed by atoms with E-state index in [1.165, 1.54) is 43.1 Å². The summed E-state index contributed by atoms with van der Waals surface area (Å²) in [5, 5.41) is -0.373. The molecule has 0 spiro atoms. The Labute approximate surface area is 242 Å². The number of nitrogens with zero attached hydrogens (tertiary/aromatic N) is 3. The lowest BCUT2D eigenvalue weighted by Gasteiger charge is -2.31. The summed E-state index contributed by atoms with van der Waals surface area (Å²) in [7, 11) is 3.01. The molecule has 2 fully saturated rings. The van der Waals surface area contributed by atoms with Gasteiger partial charge >= 0.3 is 4.87 Å². The molecule has 10 nitrogen and oxygen atoms in total. The highest BCUT2D eigenvalue weighted by molar-refractivity contribution is 8.00. The molecule has 3 aliphatic rings. The minimum absolute atomic E-state index is 0.183. The van der Waals surface area contributed by atoms with E-state index in [9.17, 15) is 23.6 Å². The maximum absolute atomic E-state index is 14.0. The summed E-state index contributed by atoms with van der Waals surface area (Å²) < 4.78 is 31.3. The Hall–Kier alpha value is -3.68. The molecule has 1 aromatic heterocycles. The minimum Gasteiger partial charge on any atom is -0.493 e. The number of morpholine rings is 1. The van der Waals surface area contributed by atoms with Crippen molar-refractivity contribution in [3.05, 3.63) is 68.4 Å². The van der Waals surface area contributed by atoms with Crippen molar-refractivity contribution in [2.24, 2.45) is 5.92 Å². The Morgan fingerprint density at radius 2 is 1.71 bits per heavy atom. The predicted molar refractivity (Wildman–Crippen MR) is 149 cm³/mol. The van der Waals surface area contributed by atoms with Crippen molar-refractivity contribution >= 4 is 46.5 Å². The highest BCUT2D eigenvalue weighted by Gasteiger charge is 2.57. The molecule has 0 bridgehead atoms. The summed E-state index contributed by atoms with van der Waals surface area (Å²) >= 11 is 2.10. The SMILES string of the molecule is COc1ccc([C@@H]2c3sc(=O)n(CC(=O)N4CCOCC4)c3S[C@H]3C(=O)N(c4ccc(F)cc4)C(=O)[C@@H]23)cc1OC. The normalized spacial score (nSPS) is 22.0. The van der Waals surface area contributed by atoms with Crippen LogP contribution in [0.15, 0.2) is 52.3 Å². The lowest BCUT2D eigenvalue weighted by molar-refractivity contribution is -0.136. The van der Waals surface area contributed by atoms with Crippen molar-refractivity contribution in [2.45, 2.75) is 22.7 Å². The quantitative estimate of drug-likeness (QED) is 0.399. The molecule has 214 valence electrons. The van der Waals surface area contributed by atoms with Gasteiger partial charge in [-0.1, -0.05) is 29.2 Å². The van der Waals surface area contributed by atoms with Gasteiger partial charge in [0.2, 0.25) is 17.7 Å². The maximum atomic E-state index is 14.0. The number of carbonyl (C=O) groups excluding carboxylic acids is 3. The van der Waals surface area contributed by atoms with Gasteiger partial charge < -0.3 is 19.1 Å². The molecule has 0 unspecified atom stereocenters. The number of amides is 3. The van der Waals surface area contributed by atoms with Gasteiger partial charge in [0.1, 0.15) is 17.6 Å². The van der Waals surface area contributed by atoms with Gasteiger partial charge in [0.25, 0.3) is 0 Å². The second-order valence-electron chi connectivity index (χ2n) is 9.76. The van der Waals surface area contributed by atoms with E-state index in [0.717, 1.165) is 28.0 Å². The van der Waals surface area contributed by atoms with Gasteiger partial charge in [0.05, 0.1) is 44.1 Å². The number of ether oxygens (including phenoxy) is 3. The van der Waals surface area contributed by atoms with Gasteiger partial charge in [0.15, 0.2) is 11.5 Å². The fraction of sp³-hybridized carbons (Fsp3) is 0.357. The standard InChI is InChI=1S/C28H26FN3O7S2/c1-37-18-8-3-15(13-19(18)38-2)21-22-23(26(35)32(25(22)34)17-6-4-16(29)5-7-17)40-27-24(21)41-28(36)31(27)14-20(33)30-9-11-39-12-10-30/h3-8,13,21-23H,9-12,14H2,1-2H3/t21-,22-,23+/m0/s1. The number of methoxy groups -OCH3 is 2. The van der Waals surface area contributed by atoms with Crippen LogP contribution in [-0.4, -0.2) is 73.0 Å². The van der Waals surface area contributed by atoms with Crippen LogP contribution in [-0.2, 0) is 25.7 Å². The zero-order chi connectivity index (χ0) is 28.8. The van der Waals surface area contributed by atoms with Crippen LogP contribution in [0, 0.1) is 11.7 Å². The highest BCUT2D eigenvalue weighted by Crippen LogP contribution is 2.54. The third kappa shape index (κ3) is 4.71. The van der Waals surface area contributed by atoms with Gasteiger partial charge in [-0.2, -0.15) is 0 Å². The topological polar surface area (TPSA) is 107 Å². The summed E-state index contributed by atoms with van der Waals surface area (Å²) in [5.41, 5.74) is 0.930. The second kappa shape index (κ2) is 11.0. The van der Waals surface area contributed by atoms with Crippen LogP contribution in [0.2, 0.25) is 0 Å². The molecule has 2 saturated heterocycles. The van der Waals surface area contributed by atoms with Crippen molar-refractivity contribution in [1.82, 2.24) is 9.47 Å². The van der Waals surface area contributed by atoms with Crippen LogP contribution in [0.1, 0.15) is 16.4 Å². The first kappa shape index (κ1) is 27.5. The summed E-state index contributed by atoms with van der Waals surface area (Å²) in [6.45, 7) is 1.55. The van der Waals surface area contributed by atoms with Crippen LogP contribution < -0.4 is 19.2 Å². The lowest BCUT2D eigenvalue weighted by Crippen LogP contribution is -2.43. The summed E-state index contributed by atoms with van der Waals surface area (Å²) in [5.74, 6) is -2.20. The molecule has 4 heterocycles. The van der Waals surface area contributed by atoms with E-state index in [-0.39, 0.29) is 23.0 Å². The van der Waals surface area contributed by atoms with E-state index in [1.54, 1.807) is 23.1 Å². The summed E-state index contributed by atoms with van der Waals surface area (Å²) in [4.78, 5) is 57.3. The molecular formula is C28H26FN3O7S2. The number of anilines is 1. The van der Waals surface area contributed by atoms with Crippen LogP contribution >= 0.6 is 23.1 Å². The van der Waals surface area contributed by atoms with Gasteiger partial charge in [-0.3, -0.25) is 23.7 Å². The Morgan fingerprint density at radius 1 is 1.00 bits per heavy atom. The molecule has 0 N–H and O–H groups in total. The molecule has 6 rings (SSSR count). The second-order valence-corrected chi connectivity index (χ2v) is 11.9. The van der Waals surface area contributed by atoms with Crippen molar-refractivity contribution in [3.8, 4) is 11.5 Å². The van der Waals surface area contributed by atoms with Crippen LogP contribution in [0.25, 0.3) is 0 Å². The Bertz CT molecular complexity index is 1580. The van der Waals surface area contributed by atoms with E-state index in [4.69, 9.17) is 14.2 Å². The first-order valence-electron chi connectivity index (χ1n) is 12.9. The summed E-state index contributed by atoms with van der Waals surface area (Å²) in [6.07, 6.45) is 0. The Morgan fingerprint density at radius 3 is 2.39 bits per heavy atom. The molecule has 41 heavy (non-hydrogen) atoms. The monoisotopic (exact) mass is 599 g/mol. The minimum atomic E-state index is -0.864. The number of hydrogen-bond donors (Lipinski definition) is 0. The number of carbonyl (C=O) groups is 3. The third-order valence-corrected chi connectivity index (χ3v) is 10.2. The largest absolute Gasteiger partial charge is 0.493 e. The van der Waals surface area contributed by atoms with Crippen LogP contribution in [0.4, 0.5) is 10.1 Å². The maximum Gasteiger partial charge on any atom is 0.308 e. The van der Waals surface area contributed by atoms with E-state index >= 15 is 0 Å². The number of rotatable bonds is 6. The summed E-state index contributed by atoms with van der Waals surface area (Å²) in [6, 6.07) is 10.4. The van der Waals surface area contributed by atoms with E-state index in [1.807, 2.05) is 0 Å². The third-order valence-electron chi connectivity index (χ3n) is 7.56. The average molecular weight is 600 g/mol. The zero-order valence-electron chi connectivity index (χ0n) is 22.2. The van der Waals surface area contributed by atoms with Crippen molar-refractivity contribution in [3.63, 3.8) is 0 Å². The molecule has 3 atom stereocenters. The van der Waals surface area contributed by atoms with E-state index < -0.39 is 34.7 Å². The number of aromatic nitrogens is 1. The molecule has 3 aromatic rings. The number of benzene rings is 2. The molecule has 2 aromatic carbocycles. The van der Waals surface area contributed by atoms with Crippen molar-refractivity contribution in [1.29, 1.82) is 0 Å². The molecule has 3 aliphatic heterocycles. The molecule has 0 aliphatic carbocycles. The van der Waals surface area contributed by atoms with Crippen LogP contribution in [0.5, 0.6) is 11.5 Å². The van der Waals surface area contributed by atoms with Crippen molar-refractivity contribution in [2.75, 3.05) is 45.4 Å². The Balaban J connectivity index is 1.46.